The van der Waals surface area contributed by atoms with E-state index in [-0.39, 0.29) is 24.1 Å². The number of amides is 2. The maximum absolute atomic E-state index is 12.9. The van der Waals surface area contributed by atoms with Crippen molar-refractivity contribution in [3.8, 4) is 0 Å². The molecule has 0 spiro atoms. The predicted molar refractivity (Wildman–Crippen MR) is 114 cm³/mol. The summed E-state index contributed by atoms with van der Waals surface area (Å²) in [7, 11) is 0. The van der Waals surface area contributed by atoms with Crippen LogP contribution in [0.25, 0.3) is 0 Å². The van der Waals surface area contributed by atoms with Crippen LogP contribution in [0.1, 0.15) is 13.3 Å². The highest BCUT2D eigenvalue weighted by Gasteiger charge is 2.23. The minimum atomic E-state index is -0.362. The van der Waals surface area contributed by atoms with Crippen molar-refractivity contribution in [1.82, 2.24) is 0 Å². The number of nitrogens with two attached hydrogens (primary N) is 1. The summed E-state index contributed by atoms with van der Waals surface area (Å²) >= 11 is 3.19. The molecule has 0 saturated carbocycles. The highest BCUT2D eigenvalue weighted by molar-refractivity contribution is 8.00. The van der Waals surface area contributed by atoms with Gasteiger partial charge in [-0.05, 0) is 30.7 Å². The highest BCUT2D eigenvalue weighted by atomic mass is 32.2. The molecule has 2 aromatic carbocycles. The Kier molecular flexibility index (Phi) is 6.68. The van der Waals surface area contributed by atoms with E-state index in [9.17, 15) is 9.59 Å². The maximum Gasteiger partial charge on any atom is 0.246 e. The Morgan fingerprint density at radius 3 is 2.78 bits per heavy atom. The van der Waals surface area contributed by atoms with Crippen LogP contribution in [0.5, 0.6) is 0 Å². The number of nitrogens with zero attached hydrogens (tertiary/aromatic N) is 1. The minimum Gasteiger partial charge on any atom is -0.375 e. The summed E-state index contributed by atoms with van der Waals surface area (Å²) in [6, 6.07) is 15.7. The lowest BCUT2D eigenvalue weighted by atomic mass is 10.2. The lowest BCUT2D eigenvalue weighted by Crippen LogP contribution is -2.36. The average Bonchev–Trinajstić information content (AvgIpc) is 2.83. The van der Waals surface area contributed by atoms with Crippen LogP contribution in [-0.4, -0.2) is 35.9 Å². The van der Waals surface area contributed by atoms with Crippen LogP contribution in [-0.2, 0) is 9.59 Å². The molecule has 7 heteroatoms. The second-order valence-electron chi connectivity index (χ2n) is 6.33. The van der Waals surface area contributed by atoms with E-state index in [2.05, 4.69) is 18.3 Å². The Balaban J connectivity index is 1.71. The van der Waals surface area contributed by atoms with Crippen LogP contribution >= 0.6 is 23.5 Å². The topological polar surface area (TPSA) is 75.4 Å². The predicted octanol–water partition coefficient (Wildman–Crippen LogP) is 3.59. The van der Waals surface area contributed by atoms with Crippen molar-refractivity contribution in [3.05, 3.63) is 48.5 Å². The van der Waals surface area contributed by atoms with Gasteiger partial charge in [0.25, 0.3) is 0 Å². The number of hydrogen-bond acceptors (Lipinski definition) is 5. The molecule has 142 valence electrons. The molecule has 27 heavy (non-hydrogen) atoms. The number of rotatable bonds is 6. The van der Waals surface area contributed by atoms with Gasteiger partial charge in [0.2, 0.25) is 11.8 Å². The third-order valence-electron chi connectivity index (χ3n) is 4.23. The first-order valence-corrected chi connectivity index (χ1v) is 10.7. The molecular weight excluding hydrogens is 378 g/mol. The summed E-state index contributed by atoms with van der Waals surface area (Å²) in [5, 5.41) is 3.70. The molecule has 0 aromatic heterocycles. The van der Waals surface area contributed by atoms with Gasteiger partial charge in [-0.1, -0.05) is 31.2 Å². The van der Waals surface area contributed by atoms with Crippen LogP contribution in [0.2, 0.25) is 0 Å². The summed E-state index contributed by atoms with van der Waals surface area (Å²) in [6.45, 7) is 3.10. The summed E-state index contributed by atoms with van der Waals surface area (Å²) in [6.07, 6.45) is 0.955. The van der Waals surface area contributed by atoms with Gasteiger partial charge in [0.05, 0.1) is 18.0 Å². The third kappa shape index (κ3) is 5.20. The quantitative estimate of drug-likeness (QED) is 0.724. The molecule has 1 heterocycles. The largest absolute Gasteiger partial charge is 0.375 e. The number of anilines is 2. The number of primary amides is 1. The summed E-state index contributed by atoms with van der Waals surface area (Å²) in [4.78, 5) is 27.9. The lowest BCUT2D eigenvalue weighted by molar-refractivity contribution is -0.117. The fourth-order valence-electron chi connectivity index (χ4n) is 2.90. The number of carbonyl (C=O) groups is 2. The van der Waals surface area contributed by atoms with E-state index < -0.39 is 0 Å². The summed E-state index contributed by atoms with van der Waals surface area (Å²) < 4.78 is 0. The fourth-order valence-corrected chi connectivity index (χ4v) is 4.78. The normalized spacial score (nSPS) is 16.3. The molecule has 3 rings (SSSR count). The van der Waals surface area contributed by atoms with Crippen LogP contribution in [0.3, 0.4) is 0 Å². The Bertz CT molecular complexity index is 828. The zero-order chi connectivity index (χ0) is 19.2. The zero-order valence-electron chi connectivity index (χ0n) is 15.2. The van der Waals surface area contributed by atoms with E-state index >= 15 is 0 Å². The second-order valence-corrected chi connectivity index (χ2v) is 8.83. The number of fused-ring (bicyclic) bond motifs is 1. The SMILES string of the molecule is CC1CCN(C(=O)CNc2ccccc2SCC(N)=O)c2ccccc2S1. The van der Waals surface area contributed by atoms with Crippen molar-refractivity contribution in [2.45, 2.75) is 28.4 Å². The monoisotopic (exact) mass is 401 g/mol. The van der Waals surface area contributed by atoms with Crippen molar-refractivity contribution in [1.29, 1.82) is 0 Å². The van der Waals surface area contributed by atoms with Gasteiger partial charge in [0, 0.05) is 27.3 Å². The van der Waals surface area contributed by atoms with Crippen molar-refractivity contribution in [2.24, 2.45) is 5.73 Å². The van der Waals surface area contributed by atoms with Gasteiger partial charge in [-0.2, -0.15) is 0 Å². The van der Waals surface area contributed by atoms with Gasteiger partial charge in [0.15, 0.2) is 0 Å². The Hall–Kier alpha value is -2.12. The molecule has 2 aromatic rings. The number of carbonyl (C=O) groups excluding carboxylic acids is 2. The van der Waals surface area contributed by atoms with Gasteiger partial charge < -0.3 is 16.0 Å². The molecule has 0 saturated heterocycles. The van der Waals surface area contributed by atoms with E-state index in [1.54, 1.807) is 0 Å². The van der Waals surface area contributed by atoms with Gasteiger partial charge in [-0.3, -0.25) is 9.59 Å². The van der Waals surface area contributed by atoms with Gasteiger partial charge in [-0.15, -0.1) is 23.5 Å². The number of hydrogen-bond donors (Lipinski definition) is 2. The molecule has 1 aliphatic rings. The number of nitrogens with one attached hydrogen (secondary N) is 1. The zero-order valence-corrected chi connectivity index (χ0v) is 16.8. The van der Waals surface area contributed by atoms with Crippen LogP contribution in [0.4, 0.5) is 11.4 Å². The minimum absolute atomic E-state index is 0.0341. The first kappa shape index (κ1) is 19.6. The summed E-state index contributed by atoms with van der Waals surface area (Å²) in [5.74, 6) is -0.119. The first-order valence-electron chi connectivity index (χ1n) is 8.84. The van der Waals surface area contributed by atoms with E-state index in [0.29, 0.717) is 11.8 Å². The molecule has 2 amide bonds. The van der Waals surface area contributed by atoms with E-state index in [0.717, 1.165) is 27.6 Å². The van der Waals surface area contributed by atoms with E-state index in [1.807, 2.05) is 59.1 Å². The van der Waals surface area contributed by atoms with Crippen molar-refractivity contribution < 1.29 is 9.59 Å². The molecule has 0 radical (unpaired) electrons. The van der Waals surface area contributed by atoms with Gasteiger partial charge in [-0.25, -0.2) is 0 Å². The van der Waals surface area contributed by atoms with Crippen LogP contribution < -0.4 is 16.0 Å². The molecule has 1 unspecified atom stereocenters. The lowest BCUT2D eigenvalue weighted by Gasteiger charge is -2.23. The molecule has 1 atom stereocenters. The smallest absolute Gasteiger partial charge is 0.246 e. The first-order chi connectivity index (χ1) is 13.0. The molecule has 0 aliphatic carbocycles. The Labute approximate surface area is 168 Å². The highest BCUT2D eigenvalue weighted by Crippen LogP contribution is 2.37. The van der Waals surface area contributed by atoms with Crippen LogP contribution in [0, 0.1) is 0 Å². The van der Waals surface area contributed by atoms with Gasteiger partial charge >= 0.3 is 0 Å². The average molecular weight is 402 g/mol. The van der Waals surface area contributed by atoms with Crippen molar-refractivity contribution >= 4 is 46.7 Å². The molecule has 0 bridgehead atoms. The molecular formula is C20H23N3O2S2. The number of thioether (sulfide) groups is 2. The number of benzene rings is 2. The Morgan fingerprint density at radius 2 is 1.96 bits per heavy atom. The Morgan fingerprint density at radius 1 is 1.22 bits per heavy atom. The maximum atomic E-state index is 12.9. The standard InChI is InChI=1S/C20H23N3O2S2/c1-14-10-11-23(16-7-3-5-9-18(16)27-14)20(25)12-22-15-6-2-4-8-17(15)26-13-19(21)24/h2-9,14,22H,10-13H2,1H3,(H2,21,24). The van der Waals surface area contributed by atoms with Crippen molar-refractivity contribution in [3.63, 3.8) is 0 Å². The second kappa shape index (κ2) is 9.19. The summed E-state index contributed by atoms with van der Waals surface area (Å²) in [5.41, 5.74) is 7.06. The van der Waals surface area contributed by atoms with E-state index in [1.165, 1.54) is 11.8 Å². The molecule has 5 nitrogen and oxygen atoms in total. The fraction of sp³-hybridized carbons (Fsp3) is 0.300. The van der Waals surface area contributed by atoms with Crippen molar-refractivity contribution in [2.75, 3.05) is 29.1 Å². The van der Waals surface area contributed by atoms with Crippen LogP contribution in [0.15, 0.2) is 58.3 Å². The molecule has 3 N–H and O–H groups in total. The number of para-hydroxylation sites is 2. The van der Waals surface area contributed by atoms with Gasteiger partial charge in [0.1, 0.15) is 0 Å². The third-order valence-corrected chi connectivity index (χ3v) is 6.56. The molecule has 0 fully saturated rings. The molecule has 1 aliphatic heterocycles. The van der Waals surface area contributed by atoms with E-state index in [4.69, 9.17) is 5.73 Å².